The van der Waals surface area contributed by atoms with Crippen molar-refractivity contribution in [3.8, 4) is 5.75 Å². The number of benzene rings is 1. The van der Waals surface area contributed by atoms with Gasteiger partial charge in [-0.3, -0.25) is 9.59 Å². The minimum absolute atomic E-state index is 0.0280. The van der Waals surface area contributed by atoms with E-state index in [1.165, 1.54) is 4.90 Å². The van der Waals surface area contributed by atoms with Crippen molar-refractivity contribution in [1.82, 2.24) is 9.80 Å². The fourth-order valence-electron chi connectivity index (χ4n) is 3.13. The predicted octanol–water partition coefficient (Wildman–Crippen LogP) is 1.25. The number of alkyl halides is 1. The van der Waals surface area contributed by atoms with Gasteiger partial charge in [0, 0.05) is 39.0 Å². The van der Waals surface area contributed by atoms with Crippen LogP contribution < -0.4 is 4.74 Å². The van der Waals surface area contributed by atoms with Crippen LogP contribution >= 0.6 is 0 Å². The topological polar surface area (TPSA) is 59.1 Å². The molecule has 0 atom stereocenters. The van der Waals surface area contributed by atoms with Gasteiger partial charge in [-0.05, 0) is 12.1 Å². The average Bonchev–Trinajstić information content (AvgIpc) is 2.67. The van der Waals surface area contributed by atoms with Crippen molar-refractivity contribution in [2.24, 2.45) is 0 Å². The summed E-state index contributed by atoms with van der Waals surface area (Å²) in [7, 11) is 0. The summed E-state index contributed by atoms with van der Waals surface area (Å²) in [6, 6.07) is 9.07. The Morgan fingerprint density at radius 2 is 1.68 bits per heavy atom. The van der Waals surface area contributed by atoms with Crippen LogP contribution in [0.15, 0.2) is 30.3 Å². The van der Waals surface area contributed by atoms with Gasteiger partial charge < -0.3 is 19.3 Å². The van der Waals surface area contributed by atoms with Gasteiger partial charge in [0.1, 0.15) is 5.75 Å². The van der Waals surface area contributed by atoms with Gasteiger partial charge in [0.15, 0.2) is 12.3 Å². The molecule has 2 aliphatic rings. The number of rotatable bonds is 4. The van der Waals surface area contributed by atoms with E-state index in [1.807, 2.05) is 18.2 Å². The van der Waals surface area contributed by atoms with Gasteiger partial charge in [-0.2, -0.15) is 0 Å². The number of hydrogen-bond acceptors (Lipinski definition) is 4. The first-order chi connectivity index (χ1) is 12.1. The molecule has 1 aromatic rings. The number of amides is 2. The maximum atomic E-state index is 15.0. The molecule has 0 spiro atoms. The third-order valence-electron chi connectivity index (χ3n) is 4.70. The molecule has 7 heteroatoms. The first-order valence-corrected chi connectivity index (χ1v) is 8.60. The molecule has 0 bridgehead atoms. The zero-order chi connectivity index (χ0) is 17.7. The van der Waals surface area contributed by atoms with Crippen molar-refractivity contribution in [2.75, 3.05) is 46.0 Å². The van der Waals surface area contributed by atoms with Crippen molar-refractivity contribution < 1.29 is 23.5 Å². The molecule has 2 fully saturated rings. The van der Waals surface area contributed by atoms with Crippen LogP contribution in [0.3, 0.4) is 0 Å². The maximum absolute atomic E-state index is 15.0. The molecule has 136 valence electrons. The van der Waals surface area contributed by atoms with Crippen LogP contribution in [0.1, 0.15) is 12.8 Å². The van der Waals surface area contributed by atoms with E-state index in [-0.39, 0.29) is 38.4 Å². The lowest BCUT2D eigenvalue weighted by atomic mass is 9.91. The van der Waals surface area contributed by atoms with E-state index in [0.717, 1.165) is 0 Å². The normalized spacial score (nSPS) is 20.2. The second-order valence-electron chi connectivity index (χ2n) is 6.35. The minimum Gasteiger partial charge on any atom is -0.484 e. The summed E-state index contributed by atoms with van der Waals surface area (Å²) in [5, 5.41) is 0. The van der Waals surface area contributed by atoms with Gasteiger partial charge in [-0.25, -0.2) is 4.39 Å². The number of ether oxygens (including phenoxy) is 2. The van der Waals surface area contributed by atoms with Gasteiger partial charge in [0.25, 0.3) is 11.8 Å². The Morgan fingerprint density at radius 3 is 2.32 bits per heavy atom. The second-order valence-corrected chi connectivity index (χ2v) is 6.35. The third kappa shape index (κ3) is 4.28. The molecule has 1 aromatic carbocycles. The van der Waals surface area contributed by atoms with E-state index < -0.39 is 11.6 Å². The van der Waals surface area contributed by atoms with Gasteiger partial charge in [0.2, 0.25) is 0 Å². The van der Waals surface area contributed by atoms with Gasteiger partial charge in [-0.1, -0.05) is 18.2 Å². The molecule has 25 heavy (non-hydrogen) atoms. The zero-order valence-electron chi connectivity index (χ0n) is 14.2. The van der Waals surface area contributed by atoms with Crippen molar-refractivity contribution in [3.05, 3.63) is 30.3 Å². The number of nitrogens with zero attached hydrogens (tertiary/aromatic N) is 2. The third-order valence-corrected chi connectivity index (χ3v) is 4.70. The average molecular weight is 350 g/mol. The highest BCUT2D eigenvalue weighted by molar-refractivity contribution is 5.86. The van der Waals surface area contributed by atoms with E-state index >= 15 is 4.39 Å². The fourth-order valence-corrected chi connectivity index (χ4v) is 3.13. The van der Waals surface area contributed by atoms with Gasteiger partial charge in [0.05, 0.1) is 13.2 Å². The van der Waals surface area contributed by atoms with E-state index in [4.69, 9.17) is 9.47 Å². The number of halogens is 1. The Kier molecular flexibility index (Phi) is 5.53. The molecular formula is C18H23FN2O4. The second kappa shape index (κ2) is 7.82. The molecule has 0 aliphatic carbocycles. The van der Waals surface area contributed by atoms with E-state index in [1.54, 1.807) is 17.0 Å². The molecular weight excluding hydrogens is 327 g/mol. The quantitative estimate of drug-likeness (QED) is 0.820. The standard InChI is InChI=1S/C18H23FN2O4/c19-18(17(23)21-10-12-24-13-11-21)6-8-20(9-7-18)16(22)14-25-15-4-2-1-3-5-15/h1-5H,6-14H2. The van der Waals surface area contributed by atoms with Crippen LogP contribution in [0.2, 0.25) is 0 Å². The van der Waals surface area contributed by atoms with Crippen molar-refractivity contribution in [3.63, 3.8) is 0 Å². The largest absolute Gasteiger partial charge is 0.484 e. The van der Waals surface area contributed by atoms with Crippen molar-refractivity contribution in [2.45, 2.75) is 18.5 Å². The van der Waals surface area contributed by atoms with Crippen LogP contribution in [0.5, 0.6) is 5.75 Å². The number of hydrogen-bond donors (Lipinski definition) is 0. The Bertz CT molecular complexity index is 596. The number of carbonyl (C=O) groups is 2. The summed E-state index contributed by atoms with van der Waals surface area (Å²) in [6.07, 6.45) is 0.0561. The Labute approximate surface area is 146 Å². The summed E-state index contributed by atoms with van der Waals surface area (Å²) < 4.78 is 25.7. The molecule has 2 aliphatic heterocycles. The van der Waals surface area contributed by atoms with E-state index in [0.29, 0.717) is 32.1 Å². The van der Waals surface area contributed by atoms with Gasteiger partial charge >= 0.3 is 0 Å². The number of para-hydroxylation sites is 1. The molecule has 0 radical (unpaired) electrons. The highest BCUT2D eigenvalue weighted by atomic mass is 19.1. The summed E-state index contributed by atoms with van der Waals surface area (Å²) in [5.74, 6) is -0.0386. The fraction of sp³-hybridized carbons (Fsp3) is 0.556. The number of morpholine rings is 1. The highest BCUT2D eigenvalue weighted by Crippen LogP contribution is 2.29. The first-order valence-electron chi connectivity index (χ1n) is 8.60. The Morgan fingerprint density at radius 1 is 1.04 bits per heavy atom. The number of piperidine rings is 1. The first kappa shape index (κ1) is 17.7. The van der Waals surface area contributed by atoms with Crippen LogP contribution in [0, 0.1) is 0 Å². The van der Waals surface area contributed by atoms with Crippen molar-refractivity contribution in [1.29, 1.82) is 0 Å². The van der Waals surface area contributed by atoms with Crippen LogP contribution in [-0.2, 0) is 14.3 Å². The Hall–Kier alpha value is -2.15. The van der Waals surface area contributed by atoms with Crippen molar-refractivity contribution >= 4 is 11.8 Å². The molecule has 2 amide bonds. The summed E-state index contributed by atoms with van der Waals surface area (Å²) in [5.41, 5.74) is -1.88. The smallest absolute Gasteiger partial charge is 0.260 e. The summed E-state index contributed by atoms with van der Waals surface area (Å²) >= 11 is 0. The lowest BCUT2D eigenvalue weighted by Gasteiger charge is -2.39. The molecule has 0 unspecified atom stereocenters. The molecule has 2 heterocycles. The maximum Gasteiger partial charge on any atom is 0.260 e. The molecule has 0 N–H and O–H groups in total. The molecule has 2 saturated heterocycles. The molecule has 6 nitrogen and oxygen atoms in total. The lowest BCUT2D eigenvalue weighted by molar-refractivity contribution is -0.154. The Balaban J connectivity index is 1.48. The SMILES string of the molecule is O=C(COc1ccccc1)N1CCC(F)(C(=O)N2CCOCC2)CC1. The van der Waals surface area contributed by atoms with Crippen LogP contribution in [0.4, 0.5) is 4.39 Å². The van der Waals surface area contributed by atoms with Crippen LogP contribution in [-0.4, -0.2) is 73.3 Å². The molecule has 3 rings (SSSR count). The zero-order valence-corrected chi connectivity index (χ0v) is 14.2. The van der Waals surface area contributed by atoms with E-state index in [2.05, 4.69) is 0 Å². The lowest BCUT2D eigenvalue weighted by Crippen LogP contribution is -2.55. The molecule has 0 saturated carbocycles. The van der Waals surface area contributed by atoms with E-state index in [9.17, 15) is 9.59 Å². The minimum atomic E-state index is -1.88. The monoisotopic (exact) mass is 350 g/mol. The highest BCUT2D eigenvalue weighted by Gasteiger charge is 2.45. The van der Waals surface area contributed by atoms with Crippen LogP contribution in [0.25, 0.3) is 0 Å². The predicted molar refractivity (Wildman–Crippen MR) is 89.0 cm³/mol. The molecule has 0 aromatic heterocycles. The number of likely N-dealkylation sites (tertiary alicyclic amines) is 1. The van der Waals surface area contributed by atoms with Gasteiger partial charge in [-0.15, -0.1) is 0 Å². The number of carbonyl (C=O) groups excluding carboxylic acids is 2. The summed E-state index contributed by atoms with van der Waals surface area (Å²) in [4.78, 5) is 27.7. The summed E-state index contributed by atoms with van der Waals surface area (Å²) in [6.45, 7) is 2.12.